The lowest BCUT2D eigenvalue weighted by Crippen LogP contribution is -2.23. The second kappa shape index (κ2) is 7.18. The average Bonchev–Trinajstić information content (AvgIpc) is 2.57. The van der Waals surface area contributed by atoms with Crippen molar-refractivity contribution in [3.63, 3.8) is 0 Å². The molecule has 2 rings (SSSR count). The van der Waals surface area contributed by atoms with E-state index < -0.39 is 0 Å². The van der Waals surface area contributed by atoms with Crippen molar-refractivity contribution in [3.05, 3.63) is 33.8 Å². The Morgan fingerprint density at radius 2 is 2.11 bits per heavy atom. The molecular weight excluding hydrogens is 295 g/mol. The Morgan fingerprint density at radius 3 is 2.78 bits per heavy atom. The maximum Gasteiger partial charge on any atom is 0.0996 e. The highest BCUT2D eigenvalue weighted by Crippen LogP contribution is 2.31. The SMILES string of the molecule is Cl.N#CC1CNCCOC1c1ccc(Cl)c(Cl)c1. The molecule has 98 valence electrons. The van der Waals surface area contributed by atoms with Gasteiger partial charge in [0.15, 0.2) is 0 Å². The van der Waals surface area contributed by atoms with Crippen LogP contribution in [0.4, 0.5) is 0 Å². The smallest absolute Gasteiger partial charge is 0.0996 e. The molecule has 0 amide bonds. The first-order valence-corrected chi connectivity index (χ1v) is 6.15. The van der Waals surface area contributed by atoms with Gasteiger partial charge in [-0.25, -0.2) is 0 Å². The molecule has 0 aromatic heterocycles. The van der Waals surface area contributed by atoms with Crippen molar-refractivity contribution in [2.45, 2.75) is 6.10 Å². The van der Waals surface area contributed by atoms with Gasteiger partial charge >= 0.3 is 0 Å². The van der Waals surface area contributed by atoms with Crippen molar-refractivity contribution in [2.75, 3.05) is 19.7 Å². The van der Waals surface area contributed by atoms with Gasteiger partial charge in [0.2, 0.25) is 0 Å². The minimum atomic E-state index is -0.246. The van der Waals surface area contributed by atoms with Crippen LogP contribution in [0.5, 0.6) is 0 Å². The van der Waals surface area contributed by atoms with E-state index in [4.69, 9.17) is 33.2 Å². The summed E-state index contributed by atoms with van der Waals surface area (Å²) in [7, 11) is 0. The maximum atomic E-state index is 9.14. The van der Waals surface area contributed by atoms with Crippen LogP contribution in [-0.2, 0) is 4.74 Å². The third kappa shape index (κ3) is 3.50. The van der Waals surface area contributed by atoms with E-state index >= 15 is 0 Å². The number of hydrogen-bond donors (Lipinski definition) is 1. The largest absolute Gasteiger partial charge is 0.371 e. The standard InChI is InChI=1S/C12H12Cl2N2O.ClH/c13-10-2-1-8(5-11(10)14)12-9(6-15)7-16-3-4-17-12;/h1-2,5,9,12,16H,3-4,7H2;1H. The van der Waals surface area contributed by atoms with E-state index in [9.17, 15) is 0 Å². The fraction of sp³-hybridized carbons (Fsp3) is 0.417. The van der Waals surface area contributed by atoms with Crippen LogP contribution in [-0.4, -0.2) is 19.7 Å². The molecule has 1 heterocycles. The average molecular weight is 308 g/mol. The highest BCUT2D eigenvalue weighted by Gasteiger charge is 2.26. The van der Waals surface area contributed by atoms with Crippen LogP contribution in [0.25, 0.3) is 0 Å². The molecule has 2 atom stereocenters. The second-order valence-corrected chi connectivity index (χ2v) is 4.72. The summed E-state index contributed by atoms with van der Waals surface area (Å²) in [6.07, 6.45) is -0.246. The summed E-state index contributed by atoms with van der Waals surface area (Å²) in [4.78, 5) is 0. The molecule has 18 heavy (non-hydrogen) atoms. The first kappa shape index (κ1) is 15.6. The van der Waals surface area contributed by atoms with E-state index in [1.54, 1.807) is 12.1 Å². The number of ether oxygens (including phenoxy) is 1. The summed E-state index contributed by atoms with van der Waals surface area (Å²) >= 11 is 11.9. The molecule has 1 aromatic rings. The first-order chi connectivity index (χ1) is 8.22. The molecule has 0 spiro atoms. The van der Waals surface area contributed by atoms with E-state index in [-0.39, 0.29) is 24.4 Å². The first-order valence-electron chi connectivity index (χ1n) is 5.39. The zero-order valence-electron chi connectivity index (χ0n) is 9.53. The summed E-state index contributed by atoms with van der Waals surface area (Å²) < 4.78 is 5.70. The van der Waals surface area contributed by atoms with Gasteiger partial charge in [0.25, 0.3) is 0 Å². The summed E-state index contributed by atoms with van der Waals surface area (Å²) in [5.41, 5.74) is 0.898. The van der Waals surface area contributed by atoms with Crippen LogP contribution in [0, 0.1) is 17.2 Å². The number of nitriles is 1. The van der Waals surface area contributed by atoms with E-state index in [2.05, 4.69) is 11.4 Å². The third-order valence-corrected chi connectivity index (χ3v) is 3.48. The van der Waals surface area contributed by atoms with Gasteiger partial charge in [-0.15, -0.1) is 12.4 Å². The van der Waals surface area contributed by atoms with Crippen LogP contribution >= 0.6 is 35.6 Å². The van der Waals surface area contributed by atoms with Gasteiger partial charge < -0.3 is 10.1 Å². The van der Waals surface area contributed by atoms with E-state index in [0.717, 1.165) is 12.1 Å². The van der Waals surface area contributed by atoms with Gasteiger partial charge in [-0.2, -0.15) is 5.26 Å². The van der Waals surface area contributed by atoms with Gasteiger partial charge in [-0.05, 0) is 17.7 Å². The molecule has 1 fully saturated rings. The molecule has 3 nitrogen and oxygen atoms in total. The minimum Gasteiger partial charge on any atom is -0.371 e. The van der Waals surface area contributed by atoms with Crippen LogP contribution < -0.4 is 5.32 Å². The van der Waals surface area contributed by atoms with E-state index in [1.165, 1.54) is 0 Å². The fourth-order valence-corrected chi connectivity index (χ4v) is 2.18. The van der Waals surface area contributed by atoms with Crippen LogP contribution in [0.2, 0.25) is 10.0 Å². The molecule has 1 saturated heterocycles. The van der Waals surface area contributed by atoms with Crippen LogP contribution in [0.3, 0.4) is 0 Å². The van der Waals surface area contributed by atoms with Gasteiger partial charge in [-0.3, -0.25) is 0 Å². The number of nitrogens with one attached hydrogen (secondary N) is 1. The summed E-state index contributed by atoms with van der Waals surface area (Å²) in [5.74, 6) is -0.213. The third-order valence-electron chi connectivity index (χ3n) is 2.74. The predicted molar refractivity (Wildman–Crippen MR) is 74.4 cm³/mol. The van der Waals surface area contributed by atoms with Crippen molar-refractivity contribution >= 4 is 35.6 Å². The molecule has 1 aliphatic rings. The Balaban J connectivity index is 0.00000162. The number of halogens is 3. The summed E-state index contributed by atoms with van der Waals surface area (Å²) in [6.45, 7) is 1.97. The van der Waals surface area contributed by atoms with Crippen molar-refractivity contribution < 1.29 is 4.74 Å². The normalized spacial score (nSPS) is 23.6. The fourth-order valence-electron chi connectivity index (χ4n) is 1.87. The van der Waals surface area contributed by atoms with Crippen molar-refractivity contribution in [2.24, 2.45) is 5.92 Å². The number of benzene rings is 1. The van der Waals surface area contributed by atoms with Crippen LogP contribution in [0.1, 0.15) is 11.7 Å². The predicted octanol–water partition coefficient (Wildman–Crippen LogP) is 3.22. The van der Waals surface area contributed by atoms with Crippen molar-refractivity contribution in [1.29, 1.82) is 5.26 Å². The monoisotopic (exact) mass is 306 g/mol. The zero-order chi connectivity index (χ0) is 12.3. The molecule has 0 aliphatic carbocycles. The summed E-state index contributed by atoms with van der Waals surface area (Å²) in [6, 6.07) is 7.62. The molecule has 0 saturated carbocycles. The Labute approximate surface area is 122 Å². The molecule has 0 bridgehead atoms. The Kier molecular flexibility index (Phi) is 6.20. The number of rotatable bonds is 1. The Morgan fingerprint density at radius 1 is 1.33 bits per heavy atom. The van der Waals surface area contributed by atoms with Crippen molar-refractivity contribution in [3.8, 4) is 6.07 Å². The van der Waals surface area contributed by atoms with Gasteiger partial charge in [-0.1, -0.05) is 29.3 Å². The number of hydrogen-bond acceptors (Lipinski definition) is 3. The van der Waals surface area contributed by atoms with Gasteiger partial charge in [0.05, 0.1) is 34.7 Å². The number of nitrogens with zero attached hydrogens (tertiary/aromatic N) is 1. The lowest BCUT2D eigenvalue weighted by atomic mass is 9.97. The van der Waals surface area contributed by atoms with Gasteiger partial charge in [0, 0.05) is 13.1 Å². The molecule has 6 heteroatoms. The van der Waals surface area contributed by atoms with Gasteiger partial charge in [0.1, 0.15) is 0 Å². The summed E-state index contributed by atoms with van der Waals surface area (Å²) in [5, 5.41) is 13.3. The Hall–Kier alpha value is -0.500. The quantitative estimate of drug-likeness (QED) is 0.866. The topological polar surface area (TPSA) is 45.0 Å². The highest BCUT2D eigenvalue weighted by atomic mass is 35.5. The Bertz CT molecular complexity index is 447. The minimum absolute atomic E-state index is 0. The van der Waals surface area contributed by atoms with E-state index in [1.807, 2.05) is 6.07 Å². The molecule has 0 radical (unpaired) electrons. The van der Waals surface area contributed by atoms with E-state index in [0.29, 0.717) is 23.2 Å². The lowest BCUT2D eigenvalue weighted by molar-refractivity contribution is 0.0456. The van der Waals surface area contributed by atoms with Crippen LogP contribution in [0.15, 0.2) is 18.2 Å². The molecule has 1 aromatic carbocycles. The second-order valence-electron chi connectivity index (χ2n) is 3.90. The lowest BCUT2D eigenvalue weighted by Gasteiger charge is -2.19. The highest BCUT2D eigenvalue weighted by molar-refractivity contribution is 6.42. The molecule has 1 aliphatic heterocycles. The maximum absolute atomic E-state index is 9.14. The van der Waals surface area contributed by atoms with Crippen molar-refractivity contribution in [1.82, 2.24) is 5.32 Å². The zero-order valence-corrected chi connectivity index (χ0v) is 11.9. The molecule has 2 unspecified atom stereocenters. The molecule has 1 N–H and O–H groups in total. The molecular formula is C12H13Cl3N2O.